The quantitative estimate of drug-likeness (QED) is 0.489. The Hall–Kier alpha value is -3.52. The predicted molar refractivity (Wildman–Crippen MR) is 124 cm³/mol. The van der Waals surface area contributed by atoms with Gasteiger partial charge in [0.1, 0.15) is 11.4 Å². The van der Waals surface area contributed by atoms with Gasteiger partial charge in [-0.3, -0.25) is 9.48 Å². The summed E-state index contributed by atoms with van der Waals surface area (Å²) in [5.74, 6) is 0.529. The van der Waals surface area contributed by atoms with Crippen LogP contribution in [0.2, 0.25) is 0 Å². The van der Waals surface area contributed by atoms with E-state index in [9.17, 15) is 13.2 Å². The molecule has 0 bridgehead atoms. The second-order valence-electron chi connectivity index (χ2n) is 9.70. The zero-order valence-corrected chi connectivity index (χ0v) is 20.1. The van der Waals surface area contributed by atoms with Gasteiger partial charge in [-0.05, 0) is 49.8 Å². The highest BCUT2D eigenvalue weighted by Crippen LogP contribution is 2.51. The Bertz CT molecular complexity index is 1470. The van der Waals surface area contributed by atoms with Crippen molar-refractivity contribution in [3.05, 3.63) is 52.5 Å². The Kier molecular flexibility index (Phi) is 4.86. The van der Waals surface area contributed by atoms with Crippen LogP contribution in [-0.2, 0) is 29.7 Å². The molecule has 0 spiro atoms. The topological polar surface area (TPSA) is 135 Å². The molecule has 10 nitrogen and oxygen atoms in total. The molecule has 3 aliphatic rings. The number of hydrogen-bond acceptors (Lipinski definition) is 8. The summed E-state index contributed by atoms with van der Waals surface area (Å²) in [5, 5.41) is 17.3. The van der Waals surface area contributed by atoms with Gasteiger partial charge in [0, 0.05) is 25.7 Å². The maximum Gasteiger partial charge on any atom is 0.272 e. The molecule has 1 aliphatic heterocycles. The van der Waals surface area contributed by atoms with Gasteiger partial charge in [-0.1, -0.05) is 17.3 Å². The summed E-state index contributed by atoms with van der Waals surface area (Å²) in [4.78, 5) is 19.5. The van der Waals surface area contributed by atoms with E-state index in [0.717, 1.165) is 24.0 Å². The van der Waals surface area contributed by atoms with E-state index in [4.69, 9.17) is 9.78 Å². The molecule has 1 aromatic carbocycles. The van der Waals surface area contributed by atoms with E-state index in [2.05, 4.69) is 21.3 Å². The molecule has 3 aromatic rings. The number of benzene rings is 1. The maximum absolute atomic E-state index is 13.4. The number of carbonyl (C=O) groups is 1. The number of rotatable bonds is 7. The van der Waals surface area contributed by atoms with Crippen LogP contribution >= 0.6 is 0 Å². The third kappa shape index (κ3) is 3.63. The molecule has 0 N–H and O–H groups in total. The molecular weight excluding hydrogens is 468 g/mol. The second kappa shape index (κ2) is 7.75. The molecule has 2 fully saturated rings. The van der Waals surface area contributed by atoms with Gasteiger partial charge in [-0.2, -0.15) is 15.3 Å². The molecule has 0 radical (unpaired) electrons. The minimum atomic E-state index is -3.19. The molecule has 180 valence electrons. The Labute approximate surface area is 202 Å². The first-order valence-electron chi connectivity index (χ1n) is 11.7. The van der Waals surface area contributed by atoms with Gasteiger partial charge < -0.3 is 9.42 Å². The molecule has 6 rings (SSSR count). The number of hydrogen-bond donors (Lipinski definition) is 0. The van der Waals surface area contributed by atoms with Crippen LogP contribution in [0.4, 0.5) is 0 Å². The van der Waals surface area contributed by atoms with Crippen LogP contribution in [0.5, 0.6) is 0 Å². The van der Waals surface area contributed by atoms with Crippen molar-refractivity contribution in [1.29, 1.82) is 5.26 Å². The summed E-state index contributed by atoms with van der Waals surface area (Å²) >= 11 is 0. The van der Waals surface area contributed by atoms with Gasteiger partial charge in [0.15, 0.2) is 9.84 Å². The van der Waals surface area contributed by atoms with Crippen LogP contribution in [0.15, 0.2) is 28.8 Å². The third-order valence-electron chi connectivity index (χ3n) is 7.24. The average molecular weight is 493 g/mol. The highest BCUT2D eigenvalue weighted by molar-refractivity contribution is 7.94. The Morgan fingerprint density at radius 3 is 2.63 bits per heavy atom. The van der Waals surface area contributed by atoms with Gasteiger partial charge in [0.2, 0.25) is 11.7 Å². The minimum absolute atomic E-state index is 0.203. The van der Waals surface area contributed by atoms with E-state index in [1.54, 1.807) is 24.1 Å². The van der Waals surface area contributed by atoms with Gasteiger partial charge in [0.05, 0.1) is 28.1 Å². The number of nitrogens with zero attached hydrogens (tertiary/aromatic N) is 6. The standard InChI is InChI=1S/C24H24N6O4S/c1-29-21-18(8-11-30(23(21)31)14-24(9-10-24)35(32,33)17-6-7-17)20(27-29)22-26-19(34-28-22)12-15-2-4-16(13-25)5-3-15/h2-5,17H,6-12,14H2,1H3. The fraction of sp³-hybridized carbons (Fsp3) is 0.458. The smallest absolute Gasteiger partial charge is 0.272 e. The molecule has 2 aromatic heterocycles. The summed E-state index contributed by atoms with van der Waals surface area (Å²) < 4.78 is 32.1. The molecule has 2 saturated carbocycles. The Morgan fingerprint density at radius 1 is 1.23 bits per heavy atom. The fourth-order valence-electron chi connectivity index (χ4n) is 4.95. The van der Waals surface area contributed by atoms with Crippen molar-refractivity contribution in [2.75, 3.05) is 13.1 Å². The van der Waals surface area contributed by atoms with Gasteiger partial charge in [-0.15, -0.1) is 0 Å². The minimum Gasteiger partial charge on any atom is -0.339 e. The van der Waals surface area contributed by atoms with Crippen molar-refractivity contribution in [1.82, 2.24) is 24.8 Å². The molecular formula is C24H24N6O4S. The van der Waals surface area contributed by atoms with Crippen molar-refractivity contribution >= 4 is 15.7 Å². The average Bonchev–Trinajstić information content (AvgIpc) is 3.77. The summed E-state index contributed by atoms with van der Waals surface area (Å²) in [7, 11) is -1.49. The monoisotopic (exact) mass is 492 g/mol. The van der Waals surface area contributed by atoms with E-state index >= 15 is 0 Å². The van der Waals surface area contributed by atoms with Gasteiger partial charge in [-0.25, -0.2) is 8.42 Å². The Morgan fingerprint density at radius 2 is 1.97 bits per heavy atom. The first-order valence-corrected chi connectivity index (χ1v) is 13.3. The van der Waals surface area contributed by atoms with Crippen molar-refractivity contribution in [2.45, 2.75) is 48.5 Å². The van der Waals surface area contributed by atoms with E-state index < -0.39 is 14.6 Å². The van der Waals surface area contributed by atoms with Crippen molar-refractivity contribution < 1.29 is 17.7 Å². The molecule has 0 atom stereocenters. The van der Waals surface area contributed by atoms with Crippen LogP contribution in [0.1, 0.15) is 58.8 Å². The lowest BCUT2D eigenvalue weighted by Crippen LogP contribution is -2.46. The second-order valence-corrected chi connectivity index (χ2v) is 12.3. The highest BCUT2D eigenvalue weighted by Gasteiger charge is 2.60. The van der Waals surface area contributed by atoms with Crippen molar-refractivity contribution in [3.63, 3.8) is 0 Å². The number of fused-ring (bicyclic) bond motifs is 1. The lowest BCUT2D eigenvalue weighted by molar-refractivity contribution is 0.0724. The predicted octanol–water partition coefficient (Wildman–Crippen LogP) is 2.04. The zero-order chi connectivity index (χ0) is 24.4. The molecule has 2 aliphatic carbocycles. The molecule has 0 unspecified atom stereocenters. The molecule has 35 heavy (non-hydrogen) atoms. The number of sulfone groups is 1. The lowest BCUT2D eigenvalue weighted by Gasteiger charge is -2.31. The number of aromatic nitrogens is 4. The van der Waals surface area contributed by atoms with Crippen molar-refractivity contribution in [3.8, 4) is 17.6 Å². The summed E-state index contributed by atoms with van der Waals surface area (Å²) in [6.07, 6.45) is 3.70. The molecule has 11 heteroatoms. The van der Waals surface area contributed by atoms with Gasteiger partial charge >= 0.3 is 0 Å². The maximum atomic E-state index is 13.4. The van der Waals surface area contributed by atoms with Crippen LogP contribution in [0, 0.1) is 11.3 Å². The van der Waals surface area contributed by atoms with Gasteiger partial charge in [0.25, 0.3) is 5.91 Å². The van der Waals surface area contributed by atoms with Crippen molar-refractivity contribution in [2.24, 2.45) is 7.05 Å². The van der Waals surface area contributed by atoms with Crippen LogP contribution in [0.25, 0.3) is 11.5 Å². The van der Waals surface area contributed by atoms with E-state index in [-0.39, 0.29) is 17.7 Å². The lowest BCUT2D eigenvalue weighted by atomic mass is 10.0. The van der Waals surface area contributed by atoms with E-state index in [1.165, 1.54) is 4.68 Å². The number of amides is 1. The third-order valence-corrected chi connectivity index (χ3v) is 10.3. The fourth-order valence-corrected chi connectivity index (χ4v) is 7.42. The first-order chi connectivity index (χ1) is 16.8. The normalized spacial score (nSPS) is 18.9. The number of aryl methyl sites for hydroxylation is 1. The van der Waals surface area contributed by atoms with Crippen LogP contribution < -0.4 is 0 Å². The van der Waals surface area contributed by atoms with E-state index in [0.29, 0.717) is 60.9 Å². The largest absolute Gasteiger partial charge is 0.339 e. The summed E-state index contributed by atoms with van der Waals surface area (Å²) in [5.41, 5.74) is 3.23. The highest BCUT2D eigenvalue weighted by atomic mass is 32.2. The Balaban J connectivity index is 1.22. The molecule has 3 heterocycles. The SMILES string of the molecule is Cn1nc(-c2noc(Cc3ccc(C#N)cc3)n2)c2c1C(=O)N(CC1(S(=O)(=O)C3CC3)CC1)CC2. The zero-order valence-electron chi connectivity index (χ0n) is 19.3. The first kappa shape index (κ1) is 22.0. The van der Waals surface area contributed by atoms with Crippen LogP contribution in [-0.4, -0.2) is 62.2 Å². The number of nitriles is 1. The van der Waals surface area contributed by atoms with Crippen LogP contribution in [0.3, 0.4) is 0 Å². The molecule has 1 amide bonds. The number of carbonyl (C=O) groups excluding carboxylic acids is 1. The summed E-state index contributed by atoms with van der Waals surface area (Å²) in [6, 6.07) is 9.25. The van der Waals surface area contributed by atoms with E-state index in [1.807, 2.05) is 12.1 Å². The molecule has 0 saturated heterocycles. The summed E-state index contributed by atoms with van der Waals surface area (Å²) in [6.45, 7) is 0.685.